The maximum absolute atomic E-state index is 5.93. The van der Waals surface area contributed by atoms with Gasteiger partial charge in [-0.1, -0.05) is 90.5 Å². The molecule has 0 saturated carbocycles. The Labute approximate surface area is 172 Å². The van der Waals surface area contributed by atoms with E-state index in [2.05, 4.69) is 85.0 Å². The Hall–Kier alpha value is -2.62. The Morgan fingerprint density at radius 3 is 2.18 bits per heavy atom. The largest absolute Gasteiger partial charge is 0.369 e. The van der Waals surface area contributed by atoms with Crippen LogP contribution in [0.15, 0.2) is 89.9 Å². The summed E-state index contributed by atoms with van der Waals surface area (Å²) >= 11 is 0. The smallest absolute Gasteiger partial charge is 0.124 e. The average molecular weight is 393 g/mol. The van der Waals surface area contributed by atoms with Crippen molar-refractivity contribution in [2.45, 2.75) is 25.6 Å². The SMILES string of the molecule is Cc1cccc(COCC2=N[C@H](c3ccccc3)[C@H](c3ccccc3)N2)c1.Cl. The van der Waals surface area contributed by atoms with Crippen LogP contribution in [0.25, 0.3) is 0 Å². The van der Waals surface area contributed by atoms with Crippen LogP contribution in [-0.4, -0.2) is 12.4 Å². The van der Waals surface area contributed by atoms with Crippen LogP contribution < -0.4 is 5.32 Å². The number of hydrogen-bond donors (Lipinski definition) is 1. The van der Waals surface area contributed by atoms with Crippen molar-refractivity contribution < 1.29 is 4.74 Å². The number of nitrogens with zero attached hydrogens (tertiary/aromatic N) is 1. The van der Waals surface area contributed by atoms with Crippen molar-refractivity contribution in [3.8, 4) is 0 Å². The molecule has 4 heteroatoms. The maximum atomic E-state index is 5.93. The number of rotatable bonds is 6. The van der Waals surface area contributed by atoms with E-state index < -0.39 is 0 Å². The Morgan fingerprint density at radius 1 is 0.821 bits per heavy atom. The van der Waals surface area contributed by atoms with E-state index in [1.54, 1.807) is 0 Å². The lowest BCUT2D eigenvalue weighted by atomic mass is 9.95. The molecule has 1 aliphatic heterocycles. The van der Waals surface area contributed by atoms with Gasteiger partial charge < -0.3 is 10.1 Å². The van der Waals surface area contributed by atoms with Crippen molar-refractivity contribution in [3.63, 3.8) is 0 Å². The lowest BCUT2D eigenvalue weighted by Crippen LogP contribution is -2.27. The van der Waals surface area contributed by atoms with Gasteiger partial charge in [-0.05, 0) is 23.6 Å². The number of ether oxygens (including phenoxy) is 1. The topological polar surface area (TPSA) is 33.6 Å². The molecule has 1 aliphatic rings. The first kappa shape index (κ1) is 20.1. The van der Waals surface area contributed by atoms with Gasteiger partial charge in [0.25, 0.3) is 0 Å². The molecule has 28 heavy (non-hydrogen) atoms. The molecule has 3 aromatic carbocycles. The summed E-state index contributed by atoms with van der Waals surface area (Å²) in [5.74, 6) is 0.908. The minimum atomic E-state index is 0. The second kappa shape index (κ2) is 9.54. The normalized spacial score (nSPS) is 18.1. The predicted molar refractivity (Wildman–Crippen MR) is 117 cm³/mol. The Kier molecular flexibility index (Phi) is 6.85. The summed E-state index contributed by atoms with van der Waals surface area (Å²) in [5, 5.41) is 3.58. The number of benzene rings is 3. The predicted octanol–water partition coefficient (Wildman–Crippen LogP) is 5.42. The molecule has 4 rings (SSSR count). The van der Waals surface area contributed by atoms with Crippen LogP contribution in [0, 0.1) is 6.92 Å². The van der Waals surface area contributed by atoms with Gasteiger partial charge >= 0.3 is 0 Å². The highest BCUT2D eigenvalue weighted by Crippen LogP contribution is 2.35. The monoisotopic (exact) mass is 392 g/mol. The van der Waals surface area contributed by atoms with Gasteiger partial charge in [0.2, 0.25) is 0 Å². The first-order valence-electron chi connectivity index (χ1n) is 9.36. The molecule has 1 heterocycles. The first-order chi connectivity index (χ1) is 13.3. The molecule has 0 saturated heterocycles. The van der Waals surface area contributed by atoms with Crippen LogP contribution in [0.2, 0.25) is 0 Å². The molecule has 3 aromatic rings. The molecule has 0 amide bonds. The fourth-order valence-electron chi connectivity index (χ4n) is 3.53. The molecule has 0 radical (unpaired) electrons. The average Bonchev–Trinajstić information content (AvgIpc) is 3.14. The summed E-state index contributed by atoms with van der Waals surface area (Å²) in [7, 11) is 0. The van der Waals surface area contributed by atoms with Gasteiger partial charge in [0.05, 0.1) is 12.6 Å². The Bertz CT molecular complexity index is 912. The summed E-state index contributed by atoms with van der Waals surface area (Å²) in [6.07, 6.45) is 0. The third-order valence-electron chi connectivity index (χ3n) is 4.82. The molecular weight excluding hydrogens is 368 g/mol. The van der Waals surface area contributed by atoms with Gasteiger partial charge in [-0.25, -0.2) is 0 Å². The highest BCUT2D eigenvalue weighted by atomic mass is 35.5. The van der Waals surface area contributed by atoms with E-state index in [-0.39, 0.29) is 24.5 Å². The molecule has 0 aliphatic carbocycles. The zero-order valence-electron chi connectivity index (χ0n) is 15.9. The van der Waals surface area contributed by atoms with E-state index in [1.807, 2.05) is 12.1 Å². The molecule has 0 spiro atoms. The zero-order chi connectivity index (χ0) is 18.5. The molecule has 0 aromatic heterocycles. The summed E-state index contributed by atoms with van der Waals surface area (Å²) in [6.45, 7) is 3.18. The number of hydrogen-bond acceptors (Lipinski definition) is 3. The number of aryl methyl sites for hydroxylation is 1. The van der Waals surface area contributed by atoms with Gasteiger partial charge in [-0.15, -0.1) is 12.4 Å². The molecule has 0 fully saturated rings. The second-order valence-corrected chi connectivity index (χ2v) is 6.95. The molecule has 0 bridgehead atoms. The lowest BCUT2D eigenvalue weighted by Gasteiger charge is -2.19. The van der Waals surface area contributed by atoms with Crippen molar-refractivity contribution in [1.82, 2.24) is 5.32 Å². The van der Waals surface area contributed by atoms with Crippen LogP contribution in [0.4, 0.5) is 0 Å². The molecule has 144 valence electrons. The number of amidine groups is 1. The summed E-state index contributed by atoms with van der Waals surface area (Å²) in [6, 6.07) is 29.6. The van der Waals surface area contributed by atoms with Crippen LogP contribution in [0.1, 0.15) is 34.3 Å². The van der Waals surface area contributed by atoms with Gasteiger partial charge in [-0.2, -0.15) is 0 Å². The van der Waals surface area contributed by atoms with Gasteiger partial charge in [0.15, 0.2) is 0 Å². The van der Waals surface area contributed by atoms with Gasteiger partial charge in [0, 0.05) is 0 Å². The minimum Gasteiger partial charge on any atom is -0.369 e. The fourth-order valence-corrected chi connectivity index (χ4v) is 3.53. The van der Waals surface area contributed by atoms with Crippen molar-refractivity contribution >= 4 is 18.2 Å². The van der Waals surface area contributed by atoms with E-state index in [9.17, 15) is 0 Å². The van der Waals surface area contributed by atoms with Crippen molar-refractivity contribution in [1.29, 1.82) is 0 Å². The van der Waals surface area contributed by atoms with E-state index in [0.29, 0.717) is 13.2 Å². The van der Waals surface area contributed by atoms with Crippen molar-refractivity contribution in [2.75, 3.05) is 6.61 Å². The van der Waals surface area contributed by atoms with E-state index in [1.165, 1.54) is 22.3 Å². The van der Waals surface area contributed by atoms with Gasteiger partial charge in [0.1, 0.15) is 18.5 Å². The Balaban J connectivity index is 0.00000225. The highest BCUT2D eigenvalue weighted by Gasteiger charge is 2.30. The van der Waals surface area contributed by atoms with Crippen LogP contribution in [0.3, 0.4) is 0 Å². The molecular formula is C24H25ClN2O. The summed E-state index contributed by atoms with van der Waals surface area (Å²) in [5.41, 5.74) is 4.89. The van der Waals surface area contributed by atoms with E-state index in [0.717, 1.165) is 5.84 Å². The second-order valence-electron chi connectivity index (χ2n) is 6.95. The quantitative estimate of drug-likeness (QED) is 0.607. The molecule has 0 unspecified atom stereocenters. The first-order valence-corrected chi connectivity index (χ1v) is 9.36. The van der Waals surface area contributed by atoms with E-state index >= 15 is 0 Å². The van der Waals surface area contributed by atoms with E-state index in [4.69, 9.17) is 9.73 Å². The van der Waals surface area contributed by atoms with Crippen LogP contribution >= 0.6 is 12.4 Å². The summed E-state index contributed by atoms with van der Waals surface area (Å²) < 4.78 is 5.93. The maximum Gasteiger partial charge on any atom is 0.124 e. The third-order valence-corrected chi connectivity index (χ3v) is 4.82. The zero-order valence-corrected chi connectivity index (χ0v) is 16.7. The minimum absolute atomic E-state index is 0. The van der Waals surface area contributed by atoms with Gasteiger partial charge in [-0.3, -0.25) is 4.99 Å². The lowest BCUT2D eigenvalue weighted by molar-refractivity contribution is 0.156. The number of aliphatic imine (C=N–C) groups is 1. The van der Waals surface area contributed by atoms with Crippen LogP contribution in [-0.2, 0) is 11.3 Å². The highest BCUT2D eigenvalue weighted by molar-refractivity contribution is 5.86. The number of halogens is 1. The standard InChI is InChI=1S/C24H24N2O.ClH/c1-18-9-8-10-19(15-18)16-27-17-22-25-23(20-11-4-2-5-12-20)24(26-22)21-13-6-3-7-14-21;/h2-15,23-24H,16-17H2,1H3,(H,25,26);1H/t23-,24+;. The fraction of sp³-hybridized carbons (Fsp3) is 0.208. The Morgan fingerprint density at radius 2 is 1.50 bits per heavy atom. The van der Waals surface area contributed by atoms with Crippen LogP contribution in [0.5, 0.6) is 0 Å². The molecule has 1 N–H and O–H groups in total. The molecule has 2 atom stereocenters. The van der Waals surface area contributed by atoms with Crippen molar-refractivity contribution in [3.05, 3.63) is 107 Å². The third kappa shape index (κ3) is 4.80. The van der Waals surface area contributed by atoms with Crippen molar-refractivity contribution in [2.24, 2.45) is 4.99 Å². The summed E-state index contributed by atoms with van der Waals surface area (Å²) in [4.78, 5) is 4.95. The number of nitrogens with one attached hydrogen (secondary N) is 1. The molecule has 3 nitrogen and oxygen atoms in total.